The van der Waals surface area contributed by atoms with Gasteiger partial charge in [0.15, 0.2) is 11.5 Å². The van der Waals surface area contributed by atoms with E-state index in [9.17, 15) is 9.90 Å². The van der Waals surface area contributed by atoms with Gasteiger partial charge in [0.05, 0.1) is 0 Å². The largest absolute Gasteiger partial charge is 0.511 e. The average Bonchev–Trinajstić information content (AvgIpc) is 2.41. The van der Waals surface area contributed by atoms with Crippen molar-refractivity contribution in [3.05, 3.63) is 22.8 Å². The maximum atomic E-state index is 10.7. The lowest BCUT2D eigenvalue weighted by Crippen LogP contribution is -2.07. The summed E-state index contributed by atoms with van der Waals surface area (Å²) >= 11 is 0. The van der Waals surface area contributed by atoms with E-state index in [4.69, 9.17) is 9.84 Å². The molecule has 0 spiro atoms. The van der Waals surface area contributed by atoms with Crippen LogP contribution in [0.25, 0.3) is 0 Å². The SMILES string of the molecule is CCCCc1c(CC)cc(OC(=O)O)c(O)c1CCC. The number of benzene rings is 1. The number of aryl methyl sites for hydroxylation is 1. The molecule has 1 rings (SSSR count). The predicted octanol–water partition coefficient (Wildman–Crippen LogP) is 4.31. The molecule has 20 heavy (non-hydrogen) atoms. The number of hydrogen-bond acceptors (Lipinski definition) is 3. The van der Waals surface area contributed by atoms with Crippen molar-refractivity contribution < 1.29 is 19.7 Å². The van der Waals surface area contributed by atoms with Crippen molar-refractivity contribution in [1.82, 2.24) is 0 Å². The minimum absolute atomic E-state index is 0.0162. The first-order chi connectivity index (χ1) is 9.54. The van der Waals surface area contributed by atoms with Gasteiger partial charge in [-0.1, -0.05) is 33.6 Å². The van der Waals surface area contributed by atoms with Gasteiger partial charge in [0.1, 0.15) is 0 Å². The van der Waals surface area contributed by atoms with Crippen molar-refractivity contribution >= 4 is 6.16 Å². The Morgan fingerprint density at radius 3 is 2.35 bits per heavy atom. The highest BCUT2D eigenvalue weighted by atomic mass is 16.7. The smallest absolute Gasteiger partial charge is 0.504 e. The summed E-state index contributed by atoms with van der Waals surface area (Å²) in [4.78, 5) is 10.7. The summed E-state index contributed by atoms with van der Waals surface area (Å²) in [5.74, 6) is 0.0376. The van der Waals surface area contributed by atoms with Crippen molar-refractivity contribution in [1.29, 1.82) is 0 Å². The fourth-order valence-corrected chi connectivity index (χ4v) is 2.47. The highest BCUT2D eigenvalue weighted by molar-refractivity contribution is 5.65. The first kappa shape index (κ1) is 16.3. The van der Waals surface area contributed by atoms with Crippen LogP contribution in [-0.2, 0) is 19.3 Å². The van der Waals surface area contributed by atoms with E-state index in [1.54, 1.807) is 6.07 Å². The average molecular weight is 280 g/mol. The molecule has 0 aliphatic carbocycles. The van der Waals surface area contributed by atoms with Crippen LogP contribution in [0.2, 0.25) is 0 Å². The van der Waals surface area contributed by atoms with Crippen molar-refractivity contribution in [2.24, 2.45) is 0 Å². The summed E-state index contributed by atoms with van der Waals surface area (Å²) in [6, 6.07) is 1.66. The summed E-state index contributed by atoms with van der Waals surface area (Å²) in [5.41, 5.74) is 3.07. The van der Waals surface area contributed by atoms with Gasteiger partial charge in [-0.3, -0.25) is 0 Å². The molecule has 1 aromatic rings. The van der Waals surface area contributed by atoms with Crippen LogP contribution < -0.4 is 4.74 Å². The standard InChI is InChI=1S/C16H24O4/c1-4-7-9-12-11(6-3)10-14(20-16(18)19)15(17)13(12)8-5-2/h10,17H,4-9H2,1-3H3,(H,18,19). The molecule has 0 amide bonds. The maximum Gasteiger partial charge on any atom is 0.511 e. The summed E-state index contributed by atoms with van der Waals surface area (Å²) in [7, 11) is 0. The molecule has 0 unspecified atom stereocenters. The van der Waals surface area contributed by atoms with Gasteiger partial charge < -0.3 is 14.9 Å². The van der Waals surface area contributed by atoms with E-state index in [-0.39, 0.29) is 11.5 Å². The molecular weight excluding hydrogens is 256 g/mol. The van der Waals surface area contributed by atoms with Gasteiger partial charge in [0.25, 0.3) is 0 Å². The molecule has 0 saturated heterocycles. The summed E-state index contributed by atoms with van der Waals surface area (Å²) in [6.07, 6.45) is 4.08. The van der Waals surface area contributed by atoms with Gasteiger partial charge >= 0.3 is 6.16 Å². The van der Waals surface area contributed by atoms with Crippen molar-refractivity contribution in [3.8, 4) is 11.5 Å². The molecule has 0 atom stereocenters. The van der Waals surface area contributed by atoms with E-state index in [1.807, 2.05) is 13.8 Å². The number of rotatable bonds is 7. The highest BCUT2D eigenvalue weighted by Crippen LogP contribution is 2.37. The molecule has 0 fully saturated rings. The number of hydrogen-bond donors (Lipinski definition) is 2. The number of phenolic OH excluding ortho intramolecular Hbond substituents is 1. The zero-order chi connectivity index (χ0) is 15.1. The molecule has 0 heterocycles. The fraction of sp³-hybridized carbons (Fsp3) is 0.562. The third kappa shape index (κ3) is 3.89. The summed E-state index contributed by atoms with van der Waals surface area (Å²) < 4.78 is 4.70. The Labute approximate surface area is 120 Å². The lowest BCUT2D eigenvalue weighted by molar-refractivity contribution is 0.142. The number of unbranched alkanes of at least 4 members (excludes halogenated alkanes) is 1. The van der Waals surface area contributed by atoms with Crippen LogP contribution in [0.1, 0.15) is 56.7 Å². The molecule has 0 aliphatic heterocycles. The maximum absolute atomic E-state index is 10.7. The monoisotopic (exact) mass is 280 g/mol. The molecule has 0 bridgehead atoms. The molecule has 1 aromatic carbocycles. The van der Waals surface area contributed by atoms with Gasteiger partial charge in [-0.25, -0.2) is 4.79 Å². The van der Waals surface area contributed by atoms with Gasteiger partial charge in [-0.05, 0) is 42.9 Å². The molecule has 4 heteroatoms. The third-order valence-corrected chi connectivity index (χ3v) is 3.43. The minimum Gasteiger partial charge on any atom is -0.504 e. The van der Waals surface area contributed by atoms with Crippen molar-refractivity contribution in [2.75, 3.05) is 0 Å². The topological polar surface area (TPSA) is 66.8 Å². The second kappa shape index (κ2) is 7.78. The predicted molar refractivity (Wildman–Crippen MR) is 78.7 cm³/mol. The number of aromatic hydroxyl groups is 1. The van der Waals surface area contributed by atoms with Gasteiger partial charge in [-0.2, -0.15) is 0 Å². The zero-order valence-electron chi connectivity index (χ0n) is 12.5. The number of carboxylic acid groups (broad SMARTS) is 1. The van der Waals surface area contributed by atoms with Gasteiger partial charge in [-0.15, -0.1) is 0 Å². The van der Waals surface area contributed by atoms with Crippen LogP contribution in [-0.4, -0.2) is 16.4 Å². The Kier molecular flexibility index (Phi) is 6.36. The van der Waals surface area contributed by atoms with E-state index < -0.39 is 6.16 Å². The Morgan fingerprint density at radius 1 is 1.15 bits per heavy atom. The lowest BCUT2D eigenvalue weighted by atomic mass is 9.91. The molecule has 0 saturated carbocycles. The van der Waals surface area contributed by atoms with Gasteiger partial charge in [0.2, 0.25) is 0 Å². The number of carbonyl (C=O) groups is 1. The molecule has 112 valence electrons. The quantitative estimate of drug-likeness (QED) is 0.577. The van der Waals surface area contributed by atoms with Gasteiger partial charge in [0, 0.05) is 5.56 Å². The Morgan fingerprint density at radius 2 is 1.85 bits per heavy atom. The summed E-state index contributed by atoms with van der Waals surface area (Å²) in [6.45, 7) is 6.20. The van der Waals surface area contributed by atoms with Crippen LogP contribution in [0.3, 0.4) is 0 Å². The Bertz CT molecular complexity index is 466. The van der Waals surface area contributed by atoms with E-state index in [2.05, 4.69) is 6.92 Å². The second-order valence-electron chi connectivity index (χ2n) is 4.91. The van der Waals surface area contributed by atoms with Crippen LogP contribution in [0, 0.1) is 0 Å². The minimum atomic E-state index is -1.40. The molecule has 4 nitrogen and oxygen atoms in total. The van der Waals surface area contributed by atoms with Crippen molar-refractivity contribution in [3.63, 3.8) is 0 Å². The van der Waals surface area contributed by atoms with E-state index >= 15 is 0 Å². The molecule has 0 aromatic heterocycles. The van der Waals surface area contributed by atoms with Crippen LogP contribution in [0.5, 0.6) is 11.5 Å². The van der Waals surface area contributed by atoms with Crippen LogP contribution in [0.15, 0.2) is 6.07 Å². The normalized spacial score (nSPS) is 10.6. The fourth-order valence-electron chi connectivity index (χ4n) is 2.47. The van der Waals surface area contributed by atoms with E-state index in [0.29, 0.717) is 0 Å². The number of ether oxygens (including phenoxy) is 1. The van der Waals surface area contributed by atoms with Crippen molar-refractivity contribution in [2.45, 2.75) is 59.3 Å². The first-order valence-corrected chi connectivity index (χ1v) is 7.32. The van der Waals surface area contributed by atoms with E-state index in [0.717, 1.165) is 55.2 Å². The Hall–Kier alpha value is -1.71. The zero-order valence-corrected chi connectivity index (χ0v) is 12.5. The Balaban J connectivity index is 3.33. The molecule has 2 N–H and O–H groups in total. The third-order valence-electron chi connectivity index (χ3n) is 3.43. The lowest BCUT2D eigenvalue weighted by Gasteiger charge is -2.18. The number of phenols is 1. The summed E-state index contributed by atoms with van der Waals surface area (Å²) in [5, 5.41) is 19.0. The van der Waals surface area contributed by atoms with E-state index in [1.165, 1.54) is 0 Å². The molecule has 0 aliphatic rings. The van der Waals surface area contributed by atoms with Crippen LogP contribution >= 0.6 is 0 Å². The molecule has 0 radical (unpaired) electrons. The first-order valence-electron chi connectivity index (χ1n) is 7.32. The second-order valence-corrected chi connectivity index (χ2v) is 4.91. The van der Waals surface area contributed by atoms with Crippen LogP contribution in [0.4, 0.5) is 4.79 Å². The highest BCUT2D eigenvalue weighted by Gasteiger charge is 2.18. The molecular formula is C16H24O4.